The third-order valence-corrected chi connectivity index (χ3v) is 12.4. The minimum absolute atomic E-state index is 0.548. The van der Waals surface area contributed by atoms with Crippen molar-refractivity contribution < 1.29 is 4.42 Å². The Morgan fingerprint density at radius 1 is 0.484 bits per heavy atom. The van der Waals surface area contributed by atoms with Gasteiger partial charge in [-0.3, -0.25) is 0 Å². The maximum atomic E-state index is 6.53. The zero-order valence-electron chi connectivity index (χ0n) is 35.1. The van der Waals surface area contributed by atoms with Crippen molar-refractivity contribution >= 4 is 71.3 Å². The fourth-order valence-corrected chi connectivity index (χ4v) is 9.55. The molecule has 0 saturated heterocycles. The van der Waals surface area contributed by atoms with Crippen LogP contribution in [-0.2, 0) is 0 Å². The quantitative estimate of drug-likeness (QED) is 0.143. The molecule has 0 saturated carbocycles. The second-order valence-corrected chi connectivity index (χ2v) is 16.2. The van der Waals surface area contributed by atoms with Crippen LogP contribution in [0.5, 0.6) is 0 Å². The van der Waals surface area contributed by atoms with Gasteiger partial charge in [0.15, 0.2) is 5.82 Å². The van der Waals surface area contributed by atoms with Crippen LogP contribution in [0, 0.1) is 0 Å². The molecule has 0 aliphatic carbocycles. The summed E-state index contributed by atoms with van der Waals surface area (Å²) >= 11 is 0. The van der Waals surface area contributed by atoms with Crippen LogP contribution in [-0.4, -0.2) is 19.1 Å². The lowest BCUT2D eigenvalue weighted by Gasteiger charge is -2.09. The van der Waals surface area contributed by atoms with E-state index in [1.807, 2.05) is 43.4 Å². The van der Waals surface area contributed by atoms with E-state index in [1.165, 1.54) is 43.7 Å². The summed E-state index contributed by atoms with van der Waals surface area (Å²) in [6, 6.07) is 67.4. The number of allylic oxidation sites excluding steroid dienone is 5. The first-order valence-corrected chi connectivity index (χ1v) is 21.6. The lowest BCUT2D eigenvalue weighted by Crippen LogP contribution is -1.96. The number of hydrogen-bond donors (Lipinski definition) is 0. The SMILES string of the molecule is C=C/C=C(\C=C/C)c1nc(-c2ccccc2)c2c(n1)oc1ccc(-c3ccc4c(c3)c3cc(-c5ccc6c(c5)c5ccccc5n6-c5ccccc5)ccc3n4-c3ccccc3)cc12. The summed E-state index contributed by atoms with van der Waals surface area (Å²) in [6.45, 7) is 5.92. The lowest BCUT2D eigenvalue weighted by molar-refractivity contribution is 0.652. The zero-order valence-corrected chi connectivity index (χ0v) is 35.1. The largest absolute Gasteiger partial charge is 0.438 e. The Kier molecular flexibility index (Phi) is 8.80. The van der Waals surface area contributed by atoms with Crippen molar-refractivity contribution in [3.05, 3.63) is 225 Å². The first-order valence-electron chi connectivity index (χ1n) is 21.6. The highest BCUT2D eigenvalue weighted by Gasteiger charge is 2.21. The van der Waals surface area contributed by atoms with Gasteiger partial charge in [-0.1, -0.05) is 140 Å². The summed E-state index contributed by atoms with van der Waals surface area (Å²) in [4.78, 5) is 10.2. The molecule has 8 aromatic carbocycles. The number of rotatable bonds is 8. The number of aromatic nitrogens is 4. The zero-order chi connectivity index (χ0) is 42.7. The van der Waals surface area contributed by atoms with Gasteiger partial charge in [0.05, 0.1) is 33.1 Å². The van der Waals surface area contributed by atoms with Gasteiger partial charge >= 0.3 is 0 Å². The highest BCUT2D eigenvalue weighted by molar-refractivity contribution is 6.15. The average Bonchev–Trinajstić information content (AvgIpc) is 4.01. The third kappa shape index (κ3) is 6.01. The van der Waals surface area contributed by atoms with E-state index < -0.39 is 0 Å². The van der Waals surface area contributed by atoms with E-state index in [9.17, 15) is 0 Å². The van der Waals surface area contributed by atoms with Crippen LogP contribution in [0.2, 0.25) is 0 Å². The molecule has 0 fully saturated rings. The van der Waals surface area contributed by atoms with Crippen molar-refractivity contribution in [2.24, 2.45) is 0 Å². The van der Waals surface area contributed by atoms with E-state index in [1.54, 1.807) is 6.08 Å². The molecule has 64 heavy (non-hydrogen) atoms. The molecule has 0 atom stereocenters. The van der Waals surface area contributed by atoms with Gasteiger partial charge in [-0.25, -0.2) is 4.98 Å². The number of hydrogen-bond acceptors (Lipinski definition) is 3. The van der Waals surface area contributed by atoms with Crippen molar-refractivity contribution in [1.82, 2.24) is 19.1 Å². The Hall–Kier alpha value is -8.54. The fourth-order valence-electron chi connectivity index (χ4n) is 9.55. The van der Waals surface area contributed by atoms with Crippen LogP contribution in [0.4, 0.5) is 0 Å². The monoisotopic (exact) mass is 820 g/mol. The Labute approximate surface area is 369 Å². The van der Waals surface area contributed by atoms with Crippen molar-refractivity contribution in [1.29, 1.82) is 0 Å². The van der Waals surface area contributed by atoms with Crippen molar-refractivity contribution in [2.45, 2.75) is 6.92 Å². The molecular formula is C59H40N4O. The van der Waals surface area contributed by atoms with Crippen LogP contribution in [0.3, 0.4) is 0 Å². The fraction of sp³-hybridized carbons (Fsp3) is 0.0169. The molecule has 0 unspecified atom stereocenters. The summed E-state index contributed by atoms with van der Waals surface area (Å²) in [7, 11) is 0. The van der Waals surface area contributed by atoms with Crippen LogP contribution < -0.4 is 0 Å². The standard InChI is InChI=1S/C59H40N4O/c1-3-16-39(17-4-2)58-60-57(38-18-8-5-9-19-38)56-50-37-43(29-33-55(50)64-59(56)61-58)42-28-32-54-49(36-42)48-35-41(27-31-53(48)63(54)45-22-12-7-13-23-45)40-26-30-52-47(34-40)46-24-14-15-25-51(46)62(52)44-20-10-6-11-21-44/h3-37H,1H2,2H3/b17-4-,39-16+. The Morgan fingerprint density at radius 2 is 0.969 bits per heavy atom. The number of benzene rings is 8. The van der Waals surface area contributed by atoms with Crippen molar-refractivity contribution in [3.8, 4) is 44.9 Å². The first-order chi connectivity index (χ1) is 31.6. The third-order valence-electron chi connectivity index (χ3n) is 12.4. The normalized spacial score (nSPS) is 12.2. The maximum Gasteiger partial charge on any atom is 0.231 e. The minimum atomic E-state index is 0.548. The van der Waals surface area contributed by atoms with E-state index in [2.05, 4.69) is 186 Å². The number of furan rings is 1. The molecule has 12 aromatic rings. The predicted octanol–water partition coefficient (Wildman–Crippen LogP) is 15.7. The van der Waals surface area contributed by atoms with Crippen molar-refractivity contribution in [3.63, 3.8) is 0 Å². The van der Waals surface area contributed by atoms with Crippen LogP contribution in [0.15, 0.2) is 223 Å². The molecule has 0 N–H and O–H groups in total. The van der Waals surface area contributed by atoms with Crippen molar-refractivity contribution in [2.75, 3.05) is 0 Å². The van der Waals surface area contributed by atoms with Gasteiger partial charge in [0.1, 0.15) is 5.58 Å². The predicted molar refractivity (Wildman–Crippen MR) is 267 cm³/mol. The van der Waals surface area contributed by atoms with E-state index in [4.69, 9.17) is 14.4 Å². The maximum absolute atomic E-state index is 6.53. The molecule has 4 heterocycles. The molecule has 0 aliphatic heterocycles. The number of para-hydroxylation sites is 3. The van der Waals surface area contributed by atoms with Gasteiger partial charge in [-0.15, -0.1) is 0 Å². The van der Waals surface area contributed by atoms with E-state index >= 15 is 0 Å². The lowest BCUT2D eigenvalue weighted by atomic mass is 9.98. The molecule has 0 bridgehead atoms. The van der Waals surface area contributed by atoms with E-state index in [-0.39, 0.29) is 0 Å². The van der Waals surface area contributed by atoms with Crippen LogP contribution in [0.25, 0.3) is 116 Å². The summed E-state index contributed by atoms with van der Waals surface area (Å²) in [6.07, 6.45) is 7.67. The van der Waals surface area contributed by atoms with Gasteiger partial charge in [0.25, 0.3) is 0 Å². The summed E-state index contributed by atoms with van der Waals surface area (Å²) in [5.74, 6) is 0.585. The molecule has 302 valence electrons. The Morgan fingerprint density at radius 3 is 1.53 bits per heavy atom. The molecule has 5 nitrogen and oxygen atoms in total. The second kappa shape index (κ2) is 15.1. The Bertz CT molecular complexity index is 3850. The topological polar surface area (TPSA) is 48.8 Å². The summed E-state index contributed by atoms with van der Waals surface area (Å²) in [5, 5.41) is 6.70. The summed E-state index contributed by atoms with van der Waals surface area (Å²) in [5.41, 5.74) is 15.5. The first kappa shape index (κ1) is 37.2. The molecule has 0 aliphatic rings. The number of nitrogens with zero attached hydrogens (tertiary/aromatic N) is 4. The van der Waals surface area contributed by atoms with E-state index in [0.717, 1.165) is 66.7 Å². The van der Waals surface area contributed by atoms with Gasteiger partial charge in [-0.2, -0.15) is 4.98 Å². The number of fused-ring (bicyclic) bond motifs is 9. The van der Waals surface area contributed by atoms with Crippen LogP contribution >= 0.6 is 0 Å². The van der Waals surface area contributed by atoms with E-state index in [0.29, 0.717) is 11.5 Å². The van der Waals surface area contributed by atoms with Gasteiger partial charge in [0.2, 0.25) is 5.71 Å². The smallest absolute Gasteiger partial charge is 0.231 e. The summed E-state index contributed by atoms with van der Waals surface area (Å²) < 4.78 is 11.3. The van der Waals surface area contributed by atoms with Gasteiger partial charge in [0, 0.05) is 49.4 Å². The molecule has 4 aromatic heterocycles. The highest BCUT2D eigenvalue weighted by atomic mass is 16.3. The van der Waals surface area contributed by atoms with Gasteiger partial charge < -0.3 is 13.6 Å². The molecule has 5 heteroatoms. The average molecular weight is 821 g/mol. The van der Waals surface area contributed by atoms with Gasteiger partial charge in [-0.05, 0) is 108 Å². The molecule has 12 rings (SSSR count). The molecule has 0 amide bonds. The molecule has 0 spiro atoms. The van der Waals surface area contributed by atoms with Crippen LogP contribution in [0.1, 0.15) is 12.7 Å². The highest BCUT2D eigenvalue weighted by Crippen LogP contribution is 2.42. The minimum Gasteiger partial charge on any atom is -0.438 e. The molecule has 0 radical (unpaired) electrons. The second-order valence-electron chi connectivity index (χ2n) is 16.2. The molecular weight excluding hydrogens is 781 g/mol. The Balaban J connectivity index is 1.04.